The number of hydrogen-bond donors (Lipinski definition) is 2. The second-order valence-corrected chi connectivity index (χ2v) is 4.96. The van der Waals surface area contributed by atoms with E-state index in [1.807, 2.05) is 32.0 Å². The van der Waals surface area contributed by atoms with E-state index in [2.05, 4.69) is 10.6 Å². The van der Waals surface area contributed by atoms with Crippen molar-refractivity contribution in [3.8, 4) is 5.75 Å². The number of amides is 1. The summed E-state index contributed by atoms with van der Waals surface area (Å²) < 4.78 is 5.48. The normalized spacial score (nSPS) is 18.3. The zero-order chi connectivity index (χ0) is 13.7. The Kier molecular flexibility index (Phi) is 4.80. The van der Waals surface area contributed by atoms with E-state index in [-0.39, 0.29) is 5.91 Å². The van der Waals surface area contributed by atoms with Gasteiger partial charge in [0.2, 0.25) is 5.91 Å². The Morgan fingerprint density at radius 1 is 1.53 bits per heavy atom. The van der Waals surface area contributed by atoms with Crippen LogP contribution in [-0.4, -0.2) is 25.1 Å². The first-order valence-electron chi connectivity index (χ1n) is 6.95. The van der Waals surface area contributed by atoms with Gasteiger partial charge in [0.1, 0.15) is 5.75 Å². The molecule has 4 nitrogen and oxygen atoms in total. The molecule has 19 heavy (non-hydrogen) atoms. The van der Waals surface area contributed by atoms with Gasteiger partial charge in [-0.3, -0.25) is 4.79 Å². The van der Waals surface area contributed by atoms with E-state index in [1.54, 1.807) is 0 Å². The highest BCUT2D eigenvalue weighted by Crippen LogP contribution is 2.22. The van der Waals surface area contributed by atoms with Gasteiger partial charge in [-0.05, 0) is 57.0 Å². The topological polar surface area (TPSA) is 50.4 Å². The lowest BCUT2D eigenvalue weighted by Gasteiger charge is -2.12. The third-order valence-electron chi connectivity index (χ3n) is 3.35. The average molecular weight is 262 g/mol. The van der Waals surface area contributed by atoms with Crippen molar-refractivity contribution in [1.29, 1.82) is 0 Å². The van der Waals surface area contributed by atoms with E-state index < -0.39 is 0 Å². The fourth-order valence-electron chi connectivity index (χ4n) is 2.41. The smallest absolute Gasteiger partial charge is 0.225 e. The van der Waals surface area contributed by atoms with Gasteiger partial charge in [0.05, 0.1) is 6.61 Å². The molecule has 1 heterocycles. The number of aryl methyl sites for hydroxylation is 1. The predicted molar refractivity (Wildman–Crippen MR) is 76.6 cm³/mol. The standard InChI is InChI=1S/C15H22N2O2/c1-3-19-14-7-6-13(9-11(14)2)17-15(18)10-12-5-4-8-16-12/h6-7,9,12,16H,3-5,8,10H2,1-2H3,(H,17,18). The highest BCUT2D eigenvalue weighted by molar-refractivity contribution is 5.91. The van der Waals surface area contributed by atoms with Crippen LogP contribution < -0.4 is 15.4 Å². The largest absolute Gasteiger partial charge is 0.494 e. The van der Waals surface area contributed by atoms with Crippen LogP contribution in [0.4, 0.5) is 5.69 Å². The molecule has 1 saturated heterocycles. The van der Waals surface area contributed by atoms with Crippen molar-refractivity contribution in [2.24, 2.45) is 0 Å². The monoisotopic (exact) mass is 262 g/mol. The van der Waals surface area contributed by atoms with Crippen LogP contribution in [0.1, 0.15) is 31.7 Å². The molecule has 0 aromatic heterocycles. The number of carbonyl (C=O) groups excluding carboxylic acids is 1. The highest BCUT2D eigenvalue weighted by atomic mass is 16.5. The SMILES string of the molecule is CCOc1ccc(NC(=O)CC2CCCN2)cc1C. The predicted octanol–water partition coefficient (Wildman–Crippen LogP) is 2.47. The van der Waals surface area contributed by atoms with Crippen LogP contribution in [0.15, 0.2) is 18.2 Å². The summed E-state index contributed by atoms with van der Waals surface area (Å²) in [6.45, 7) is 5.63. The lowest BCUT2D eigenvalue weighted by Crippen LogP contribution is -2.27. The molecule has 0 saturated carbocycles. The Morgan fingerprint density at radius 3 is 3.00 bits per heavy atom. The molecule has 0 bridgehead atoms. The van der Waals surface area contributed by atoms with Crippen molar-refractivity contribution in [2.75, 3.05) is 18.5 Å². The number of nitrogens with one attached hydrogen (secondary N) is 2. The summed E-state index contributed by atoms with van der Waals surface area (Å²) in [5.41, 5.74) is 1.88. The van der Waals surface area contributed by atoms with Crippen molar-refractivity contribution >= 4 is 11.6 Å². The van der Waals surface area contributed by atoms with Gasteiger partial charge in [-0.1, -0.05) is 0 Å². The van der Waals surface area contributed by atoms with E-state index >= 15 is 0 Å². The number of rotatable bonds is 5. The molecule has 1 aromatic rings. The van der Waals surface area contributed by atoms with Crippen LogP contribution in [0.25, 0.3) is 0 Å². The minimum atomic E-state index is 0.0722. The van der Waals surface area contributed by atoms with Crippen LogP contribution in [0.2, 0.25) is 0 Å². The molecule has 0 spiro atoms. The molecule has 104 valence electrons. The number of anilines is 1. The Bertz CT molecular complexity index is 440. The molecule has 4 heteroatoms. The molecule has 0 radical (unpaired) electrons. The molecule has 2 N–H and O–H groups in total. The third-order valence-corrected chi connectivity index (χ3v) is 3.35. The van der Waals surface area contributed by atoms with Crippen molar-refractivity contribution in [1.82, 2.24) is 5.32 Å². The summed E-state index contributed by atoms with van der Waals surface area (Å²) in [5.74, 6) is 0.945. The molecular weight excluding hydrogens is 240 g/mol. The van der Waals surface area contributed by atoms with Crippen molar-refractivity contribution < 1.29 is 9.53 Å². The number of ether oxygens (including phenoxy) is 1. The number of benzene rings is 1. The highest BCUT2D eigenvalue weighted by Gasteiger charge is 2.17. The van der Waals surface area contributed by atoms with Gasteiger partial charge in [0.15, 0.2) is 0 Å². The maximum Gasteiger partial charge on any atom is 0.225 e. The molecule has 1 fully saturated rings. The molecular formula is C15H22N2O2. The lowest BCUT2D eigenvalue weighted by molar-refractivity contribution is -0.116. The molecule has 2 rings (SSSR count). The van der Waals surface area contributed by atoms with Crippen molar-refractivity contribution in [3.63, 3.8) is 0 Å². The second-order valence-electron chi connectivity index (χ2n) is 4.96. The Morgan fingerprint density at radius 2 is 2.37 bits per heavy atom. The van der Waals surface area contributed by atoms with Gasteiger partial charge in [-0.25, -0.2) is 0 Å². The summed E-state index contributed by atoms with van der Waals surface area (Å²) in [5, 5.41) is 6.27. The summed E-state index contributed by atoms with van der Waals surface area (Å²) in [7, 11) is 0. The molecule has 1 amide bonds. The van der Waals surface area contributed by atoms with Gasteiger partial charge < -0.3 is 15.4 Å². The molecule has 0 aliphatic carbocycles. The van der Waals surface area contributed by atoms with Gasteiger partial charge in [-0.2, -0.15) is 0 Å². The fourth-order valence-corrected chi connectivity index (χ4v) is 2.41. The zero-order valence-corrected chi connectivity index (χ0v) is 11.7. The van der Waals surface area contributed by atoms with E-state index in [1.165, 1.54) is 6.42 Å². The van der Waals surface area contributed by atoms with Gasteiger partial charge >= 0.3 is 0 Å². The maximum absolute atomic E-state index is 11.9. The molecule has 1 aliphatic rings. The van der Waals surface area contributed by atoms with E-state index in [0.717, 1.165) is 30.0 Å². The first-order chi connectivity index (χ1) is 9.19. The molecule has 1 atom stereocenters. The minimum absolute atomic E-state index is 0.0722. The van der Waals surface area contributed by atoms with Gasteiger partial charge in [0.25, 0.3) is 0 Å². The Balaban J connectivity index is 1.91. The van der Waals surface area contributed by atoms with Crippen LogP contribution >= 0.6 is 0 Å². The first kappa shape index (κ1) is 13.9. The second kappa shape index (κ2) is 6.57. The van der Waals surface area contributed by atoms with Crippen molar-refractivity contribution in [2.45, 2.75) is 39.2 Å². The molecule has 1 aliphatic heterocycles. The fraction of sp³-hybridized carbons (Fsp3) is 0.533. The summed E-state index contributed by atoms with van der Waals surface area (Å²) in [6.07, 6.45) is 2.81. The number of hydrogen-bond acceptors (Lipinski definition) is 3. The molecule has 1 unspecified atom stereocenters. The van der Waals surface area contributed by atoms with Crippen LogP contribution in [0.3, 0.4) is 0 Å². The quantitative estimate of drug-likeness (QED) is 0.857. The van der Waals surface area contributed by atoms with Crippen LogP contribution in [0, 0.1) is 6.92 Å². The van der Waals surface area contributed by atoms with E-state index in [9.17, 15) is 4.79 Å². The minimum Gasteiger partial charge on any atom is -0.494 e. The van der Waals surface area contributed by atoms with Gasteiger partial charge in [-0.15, -0.1) is 0 Å². The Labute approximate surface area is 114 Å². The van der Waals surface area contributed by atoms with Crippen LogP contribution in [0.5, 0.6) is 5.75 Å². The first-order valence-corrected chi connectivity index (χ1v) is 6.95. The third kappa shape index (κ3) is 3.96. The Hall–Kier alpha value is -1.55. The van der Waals surface area contributed by atoms with Crippen LogP contribution in [-0.2, 0) is 4.79 Å². The van der Waals surface area contributed by atoms with Crippen molar-refractivity contribution in [3.05, 3.63) is 23.8 Å². The van der Waals surface area contributed by atoms with E-state index in [0.29, 0.717) is 19.1 Å². The number of carbonyl (C=O) groups is 1. The summed E-state index contributed by atoms with van der Waals surface area (Å²) in [4.78, 5) is 11.9. The average Bonchev–Trinajstić information content (AvgIpc) is 2.85. The summed E-state index contributed by atoms with van der Waals surface area (Å²) >= 11 is 0. The summed E-state index contributed by atoms with van der Waals surface area (Å²) in [6, 6.07) is 6.08. The van der Waals surface area contributed by atoms with Gasteiger partial charge in [0, 0.05) is 18.2 Å². The zero-order valence-electron chi connectivity index (χ0n) is 11.7. The lowest BCUT2D eigenvalue weighted by atomic mass is 10.1. The molecule has 1 aromatic carbocycles. The van der Waals surface area contributed by atoms with E-state index in [4.69, 9.17) is 4.74 Å². The maximum atomic E-state index is 11.9.